The van der Waals surface area contributed by atoms with Crippen molar-refractivity contribution < 1.29 is 0 Å². The van der Waals surface area contributed by atoms with Gasteiger partial charge >= 0.3 is 0 Å². The average molecular weight is 232 g/mol. The summed E-state index contributed by atoms with van der Waals surface area (Å²) in [5, 5.41) is 0. The molecule has 2 nitrogen and oxygen atoms in total. The average Bonchev–Trinajstić information content (AvgIpc) is 2.32. The van der Waals surface area contributed by atoms with E-state index in [0.717, 1.165) is 25.9 Å². The van der Waals surface area contributed by atoms with Crippen LogP contribution in [0.25, 0.3) is 0 Å². The van der Waals surface area contributed by atoms with Gasteiger partial charge in [0.2, 0.25) is 0 Å². The molecular formula is C15H24N2. The zero-order valence-electron chi connectivity index (χ0n) is 11.2. The van der Waals surface area contributed by atoms with Crippen LogP contribution < -0.4 is 5.73 Å². The highest BCUT2D eigenvalue weighted by atomic mass is 15.2. The van der Waals surface area contributed by atoms with E-state index in [1.165, 1.54) is 16.7 Å². The third-order valence-corrected chi connectivity index (χ3v) is 4.01. The number of likely N-dealkylation sites (tertiary alicyclic amines) is 1. The Balaban J connectivity index is 2.13. The molecule has 1 heterocycles. The second-order valence-electron chi connectivity index (χ2n) is 5.41. The van der Waals surface area contributed by atoms with E-state index in [2.05, 4.69) is 43.9 Å². The highest BCUT2D eigenvalue weighted by Crippen LogP contribution is 2.26. The maximum atomic E-state index is 5.96. The summed E-state index contributed by atoms with van der Waals surface area (Å²) < 4.78 is 0. The van der Waals surface area contributed by atoms with Crippen LogP contribution in [0.1, 0.15) is 42.5 Å². The number of aryl methyl sites for hydroxylation is 2. The first-order valence-electron chi connectivity index (χ1n) is 6.64. The van der Waals surface area contributed by atoms with Gasteiger partial charge in [0.15, 0.2) is 0 Å². The van der Waals surface area contributed by atoms with Gasteiger partial charge in [-0.3, -0.25) is 4.90 Å². The first-order valence-corrected chi connectivity index (χ1v) is 6.64. The number of nitrogens with zero attached hydrogens (tertiary/aromatic N) is 1. The van der Waals surface area contributed by atoms with Crippen LogP contribution in [0.5, 0.6) is 0 Å². The molecule has 0 aliphatic carbocycles. The quantitative estimate of drug-likeness (QED) is 0.849. The second kappa shape index (κ2) is 5.19. The summed E-state index contributed by atoms with van der Waals surface area (Å²) in [6.45, 7) is 8.97. The molecule has 2 heteroatoms. The lowest BCUT2D eigenvalue weighted by atomic mass is 9.96. The molecule has 0 amide bonds. The molecule has 2 rings (SSSR count). The molecule has 1 aromatic carbocycles. The number of rotatable bonds is 2. The molecule has 94 valence electrons. The predicted octanol–water partition coefficient (Wildman–Crippen LogP) is 2.79. The lowest BCUT2D eigenvalue weighted by molar-refractivity contribution is 0.163. The lowest BCUT2D eigenvalue weighted by Gasteiger charge is -2.35. The molecule has 1 aromatic rings. The third-order valence-electron chi connectivity index (χ3n) is 4.01. The molecule has 0 aromatic heterocycles. The van der Waals surface area contributed by atoms with E-state index < -0.39 is 0 Å². The van der Waals surface area contributed by atoms with E-state index >= 15 is 0 Å². The van der Waals surface area contributed by atoms with Crippen LogP contribution in [0.4, 0.5) is 0 Å². The largest absolute Gasteiger partial charge is 0.328 e. The van der Waals surface area contributed by atoms with E-state index in [0.29, 0.717) is 12.1 Å². The zero-order chi connectivity index (χ0) is 12.4. The van der Waals surface area contributed by atoms with Gasteiger partial charge in [0.1, 0.15) is 0 Å². The summed E-state index contributed by atoms with van der Waals surface area (Å²) in [5.41, 5.74) is 10.2. The molecule has 0 bridgehead atoms. The summed E-state index contributed by atoms with van der Waals surface area (Å²) in [4.78, 5) is 2.56. The van der Waals surface area contributed by atoms with Crippen LogP contribution in [0.2, 0.25) is 0 Å². The van der Waals surface area contributed by atoms with E-state index in [1.807, 2.05) is 0 Å². The molecule has 2 N–H and O–H groups in total. The van der Waals surface area contributed by atoms with Crippen LogP contribution in [0.15, 0.2) is 18.2 Å². The van der Waals surface area contributed by atoms with Crippen LogP contribution in [-0.4, -0.2) is 24.0 Å². The van der Waals surface area contributed by atoms with Crippen LogP contribution in [-0.2, 0) is 0 Å². The maximum Gasteiger partial charge on any atom is 0.0322 e. The Morgan fingerprint density at radius 2 is 1.88 bits per heavy atom. The van der Waals surface area contributed by atoms with Gasteiger partial charge in [-0.15, -0.1) is 0 Å². The molecule has 1 fully saturated rings. The van der Waals surface area contributed by atoms with Crippen molar-refractivity contribution in [2.45, 2.75) is 45.7 Å². The van der Waals surface area contributed by atoms with Gasteiger partial charge in [0, 0.05) is 25.2 Å². The topological polar surface area (TPSA) is 29.3 Å². The van der Waals surface area contributed by atoms with Gasteiger partial charge in [0.25, 0.3) is 0 Å². The summed E-state index contributed by atoms with van der Waals surface area (Å²) in [5.74, 6) is 0. The highest BCUT2D eigenvalue weighted by Gasteiger charge is 2.22. The Morgan fingerprint density at radius 3 is 2.53 bits per heavy atom. The Kier molecular flexibility index (Phi) is 3.85. The van der Waals surface area contributed by atoms with Crippen LogP contribution >= 0.6 is 0 Å². The monoisotopic (exact) mass is 232 g/mol. The van der Waals surface area contributed by atoms with Gasteiger partial charge in [-0.25, -0.2) is 0 Å². The van der Waals surface area contributed by atoms with Crippen molar-refractivity contribution in [3.63, 3.8) is 0 Å². The summed E-state index contributed by atoms with van der Waals surface area (Å²) >= 11 is 0. The summed E-state index contributed by atoms with van der Waals surface area (Å²) in [6.07, 6.45) is 2.27. The van der Waals surface area contributed by atoms with E-state index in [-0.39, 0.29) is 0 Å². The van der Waals surface area contributed by atoms with E-state index in [4.69, 9.17) is 5.73 Å². The Morgan fingerprint density at radius 1 is 1.24 bits per heavy atom. The zero-order valence-corrected chi connectivity index (χ0v) is 11.2. The van der Waals surface area contributed by atoms with Gasteiger partial charge in [0.05, 0.1) is 0 Å². The number of nitrogens with two attached hydrogens (primary N) is 1. The molecule has 17 heavy (non-hydrogen) atoms. The lowest BCUT2D eigenvalue weighted by Crippen LogP contribution is -2.40. The molecular weight excluding hydrogens is 208 g/mol. The SMILES string of the molecule is Cc1ccc(C)c(C(C)N2CCC(N)CC2)c1. The van der Waals surface area contributed by atoms with Crippen molar-refractivity contribution in [3.05, 3.63) is 34.9 Å². The smallest absolute Gasteiger partial charge is 0.0322 e. The van der Waals surface area contributed by atoms with Crippen LogP contribution in [0.3, 0.4) is 0 Å². The fourth-order valence-corrected chi connectivity index (χ4v) is 2.71. The number of hydrogen-bond acceptors (Lipinski definition) is 2. The second-order valence-corrected chi connectivity index (χ2v) is 5.41. The third kappa shape index (κ3) is 2.88. The Hall–Kier alpha value is -0.860. The Labute approximate surface area is 105 Å². The van der Waals surface area contributed by atoms with Crippen molar-refractivity contribution >= 4 is 0 Å². The first-order chi connectivity index (χ1) is 8.08. The standard InChI is InChI=1S/C15H24N2/c1-11-4-5-12(2)15(10-11)13(3)17-8-6-14(16)7-9-17/h4-5,10,13-14H,6-9,16H2,1-3H3. The van der Waals surface area contributed by atoms with Crippen molar-refractivity contribution in [3.8, 4) is 0 Å². The van der Waals surface area contributed by atoms with E-state index in [1.54, 1.807) is 0 Å². The molecule has 1 aliphatic rings. The normalized spacial score (nSPS) is 20.5. The molecule has 0 saturated carbocycles. The molecule has 0 radical (unpaired) electrons. The van der Waals surface area contributed by atoms with Crippen molar-refractivity contribution in [2.24, 2.45) is 5.73 Å². The fourth-order valence-electron chi connectivity index (χ4n) is 2.71. The molecule has 1 aliphatic heterocycles. The predicted molar refractivity (Wildman–Crippen MR) is 73.1 cm³/mol. The minimum Gasteiger partial charge on any atom is -0.328 e. The fraction of sp³-hybridized carbons (Fsp3) is 0.600. The molecule has 1 saturated heterocycles. The maximum absolute atomic E-state index is 5.96. The van der Waals surface area contributed by atoms with Crippen molar-refractivity contribution in [1.82, 2.24) is 4.90 Å². The van der Waals surface area contributed by atoms with Crippen LogP contribution in [0, 0.1) is 13.8 Å². The summed E-state index contributed by atoms with van der Waals surface area (Å²) in [6, 6.07) is 7.68. The van der Waals surface area contributed by atoms with E-state index in [9.17, 15) is 0 Å². The minimum absolute atomic E-state index is 0.414. The van der Waals surface area contributed by atoms with Gasteiger partial charge in [-0.1, -0.05) is 23.8 Å². The van der Waals surface area contributed by atoms with Gasteiger partial charge in [-0.05, 0) is 44.7 Å². The minimum atomic E-state index is 0.414. The van der Waals surface area contributed by atoms with Crippen molar-refractivity contribution in [1.29, 1.82) is 0 Å². The molecule has 1 unspecified atom stereocenters. The highest BCUT2D eigenvalue weighted by molar-refractivity contribution is 5.32. The Bertz CT molecular complexity index is 379. The number of piperidine rings is 1. The molecule has 0 spiro atoms. The first kappa shape index (κ1) is 12.6. The number of benzene rings is 1. The molecule has 1 atom stereocenters. The number of hydrogen-bond donors (Lipinski definition) is 1. The summed E-state index contributed by atoms with van der Waals surface area (Å²) in [7, 11) is 0. The van der Waals surface area contributed by atoms with Crippen molar-refractivity contribution in [2.75, 3.05) is 13.1 Å². The van der Waals surface area contributed by atoms with Gasteiger partial charge < -0.3 is 5.73 Å². The van der Waals surface area contributed by atoms with Gasteiger partial charge in [-0.2, -0.15) is 0 Å².